The molecule has 128 valence electrons. The highest BCUT2D eigenvalue weighted by atomic mass is 79.9. The Morgan fingerprint density at radius 1 is 0.962 bits per heavy atom. The van der Waals surface area contributed by atoms with E-state index in [2.05, 4.69) is 37.2 Å². The molecule has 2 aromatic carbocycles. The van der Waals surface area contributed by atoms with E-state index >= 15 is 0 Å². The first-order chi connectivity index (χ1) is 12.5. The fraction of sp³-hybridized carbons (Fsp3) is 0. The lowest BCUT2D eigenvalue weighted by Crippen LogP contribution is -2.13. The lowest BCUT2D eigenvalue weighted by molar-refractivity contribution is -0.112. The number of anilines is 1. The van der Waals surface area contributed by atoms with Gasteiger partial charge < -0.3 is 9.73 Å². The first-order valence-electron chi connectivity index (χ1n) is 7.59. The van der Waals surface area contributed by atoms with E-state index in [0.29, 0.717) is 17.2 Å². The van der Waals surface area contributed by atoms with Gasteiger partial charge >= 0.3 is 0 Å². The van der Waals surface area contributed by atoms with E-state index < -0.39 is 5.91 Å². The van der Waals surface area contributed by atoms with Crippen molar-refractivity contribution in [3.63, 3.8) is 0 Å². The number of hydrogen-bond acceptors (Lipinski definition) is 3. The minimum Gasteiger partial charge on any atom is -0.457 e. The Balaban J connectivity index is 1.78. The largest absolute Gasteiger partial charge is 0.457 e. The van der Waals surface area contributed by atoms with Gasteiger partial charge in [0.05, 0.1) is 0 Å². The molecule has 0 saturated heterocycles. The van der Waals surface area contributed by atoms with E-state index in [-0.39, 0.29) is 5.57 Å². The topological polar surface area (TPSA) is 66.0 Å². The summed E-state index contributed by atoms with van der Waals surface area (Å²) in [6, 6.07) is 20.2. The van der Waals surface area contributed by atoms with E-state index in [4.69, 9.17) is 4.42 Å². The molecule has 1 N–H and O–H groups in total. The molecule has 0 aliphatic heterocycles. The van der Waals surface area contributed by atoms with E-state index in [1.54, 1.807) is 24.3 Å². The maximum absolute atomic E-state index is 12.3. The Hall–Kier alpha value is -2.62. The molecule has 0 unspecified atom stereocenters. The third-order valence-electron chi connectivity index (χ3n) is 3.51. The quantitative estimate of drug-likeness (QED) is 0.373. The van der Waals surface area contributed by atoms with Crippen LogP contribution in [0, 0.1) is 11.3 Å². The fourth-order valence-electron chi connectivity index (χ4n) is 2.22. The molecule has 0 spiro atoms. The van der Waals surface area contributed by atoms with Crippen molar-refractivity contribution in [1.29, 1.82) is 5.26 Å². The molecule has 0 fully saturated rings. The van der Waals surface area contributed by atoms with Crippen molar-refractivity contribution < 1.29 is 9.21 Å². The highest BCUT2D eigenvalue weighted by Gasteiger charge is 2.11. The molecule has 0 atom stereocenters. The molecule has 6 heteroatoms. The maximum Gasteiger partial charge on any atom is 0.266 e. The average Bonchev–Trinajstić information content (AvgIpc) is 3.11. The molecule has 1 heterocycles. The summed E-state index contributed by atoms with van der Waals surface area (Å²) >= 11 is 6.72. The van der Waals surface area contributed by atoms with Crippen molar-refractivity contribution in [3.8, 4) is 17.4 Å². The van der Waals surface area contributed by atoms with Gasteiger partial charge in [0.1, 0.15) is 23.2 Å². The predicted molar refractivity (Wildman–Crippen MR) is 108 cm³/mol. The van der Waals surface area contributed by atoms with E-state index in [0.717, 1.165) is 14.5 Å². The summed E-state index contributed by atoms with van der Waals surface area (Å²) in [6.07, 6.45) is 1.43. The first kappa shape index (κ1) is 18.2. The van der Waals surface area contributed by atoms with Gasteiger partial charge in [0, 0.05) is 26.3 Å². The number of nitrogens with one attached hydrogen (secondary N) is 1. The molecule has 1 amide bonds. The zero-order valence-electron chi connectivity index (χ0n) is 13.4. The van der Waals surface area contributed by atoms with Crippen LogP contribution < -0.4 is 5.32 Å². The maximum atomic E-state index is 12.3. The summed E-state index contributed by atoms with van der Waals surface area (Å²) in [5.41, 5.74) is 1.48. The van der Waals surface area contributed by atoms with Gasteiger partial charge in [-0.25, -0.2) is 0 Å². The second kappa shape index (κ2) is 8.17. The summed E-state index contributed by atoms with van der Waals surface area (Å²) in [7, 11) is 0. The fourth-order valence-corrected chi connectivity index (χ4v) is 2.75. The summed E-state index contributed by atoms with van der Waals surface area (Å²) in [5.74, 6) is 0.608. The normalized spacial score (nSPS) is 11.0. The summed E-state index contributed by atoms with van der Waals surface area (Å²) in [6.45, 7) is 0. The molecule has 0 bridgehead atoms. The Bertz CT molecular complexity index is 998. The van der Waals surface area contributed by atoms with Crippen LogP contribution in [0.4, 0.5) is 5.69 Å². The molecule has 3 rings (SSSR count). The first-order valence-corrected chi connectivity index (χ1v) is 9.18. The lowest BCUT2D eigenvalue weighted by atomic mass is 10.2. The minimum atomic E-state index is -0.489. The number of carbonyl (C=O) groups is 1. The molecule has 0 aliphatic rings. The number of hydrogen-bond donors (Lipinski definition) is 1. The van der Waals surface area contributed by atoms with Crippen molar-refractivity contribution in [2.24, 2.45) is 0 Å². The zero-order valence-corrected chi connectivity index (χ0v) is 16.5. The number of benzene rings is 2. The second-order valence-electron chi connectivity index (χ2n) is 5.34. The number of furan rings is 1. The van der Waals surface area contributed by atoms with Crippen molar-refractivity contribution in [3.05, 3.63) is 80.9 Å². The molecule has 0 saturated carbocycles. The van der Waals surface area contributed by atoms with Crippen LogP contribution >= 0.6 is 31.9 Å². The van der Waals surface area contributed by atoms with Crippen molar-refractivity contribution in [2.45, 2.75) is 0 Å². The molecule has 1 aromatic heterocycles. The Labute approximate surface area is 167 Å². The number of rotatable bonds is 4. The standard InChI is InChI=1S/C20H12Br2N2O2/c21-15-3-1-13(2-4-15)19-10-9-18(26-19)11-14(12-23)20(25)24-17-7-5-16(22)6-8-17/h1-11H,(H,24,25)/b14-11+. The SMILES string of the molecule is N#C/C(=C\c1ccc(-c2ccc(Br)cc2)o1)C(=O)Nc1ccc(Br)cc1. The van der Waals surface area contributed by atoms with E-state index in [1.807, 2.05) is 42.5 Å². The van der Waals surface area contributed by atoms with Crippen molar-refractivity contribution >= 4 is 49.5 Å². The van der Waals surface area contributed by atoms with Gasteiger partial charge in [-0.1, -0.05) is 44.0 Å². The van der Waals surface area contributed by atoms with Gasteiger partial charge in [-0.2, -0.15) is 5.26 Å². The monoisotopic (exact) mass is 470 g/mol. The van der Waals surface area contributed by atoms with Crippen LogP contribution in [0.15, 0.2) is 79.6 Å². The Kier molecular flexibility index (Phi) is 5.71. The van der Waals surface area contributed by atoms with Crippen molar-refractivity contribution in [1.82, 2.24) is 0 Å². The van der Waals surface area contributed by atoms with Gasteiger partial charge in [-0.3, -0.25) is 4.79 Å². The smallest absolute Gasteiger partial charge is 0.266 e. The highest BCUT2D eigenvalue weighted by molar-refractivity contribution is 9.10. The molecule has 0 aliphatic carbocycles. The molecule has 3 aromatic rings. The van der Waals surface area contributed by atoms with Crippen LogP contribution in [0.2, 0.25) is 0 Å². The van der Waals surface area contributed by atoms with Crippen LogP contribution in [0.5, 0.6) is 0 Å². The van der Waals surface area contributed by atoms with Crippen LogP contribution in [-0.2, 0) is 4.79 Å². The number of carbonyl (C=O) groups excluding carboxylic acids is 1. The second-order valence-corrected chi connectivity index (χ2v) is 7.17. The third kappa shape index (κ3) is 4.51. The summed E-state index contributed by atoms with van der Waals surface area (Å²) in [4.78, 5) is 12.3. The predicted octanol–water partition coefficient (Wildman–Crippen LogP) is 6.02. The number of nitriles is 1. The number of nitrogens with zero attached hydrogens (tertiary/aromatic N) is 1. The molecule has 4 nitrogen and oxygen atoms in total. The molecular formula is C20H12Br2N2O2. The van der Waals surface area contributed by atoms with Crippen molar-refractivity contribution in [2.75, 3.05) is 5.32 Å². The van der Waals surface area contributed by atoms with Gasteiger partial charge in [0.2, 0.25) is 0 Å². The van der Waals surface area contributed by atoms with E-state index in [1.165, 1.54) is 6.08 Å². The van der Waals surface area contributed by atoms with Crippen LogP contribution in [0.3, 0.4) is 0 Å². The van der Waals surface area contributed by atoms with Gasteiger partial charge in [0.15, 0.2) is 0 Å². The summed E-state index contributed by atoms with van der Waals surface area (Å²) in [5, 5.41) is 12.0. The molecular weight excluding hydrogens is 460 g/mol. The summed E-state index contributed by atoms with van der Waals surface area (Å²) < 4.78 is 7.61. The number of amides is 1. The van der Waals surface area contributed by atoms with Crippen LogP contribution in [0.1, 0.15) is 5.76 Å². The lowest BCUT2D eigenvalue weighted by Gasteiger charge is -2.03. The number of halogens is 2. The molecule has 26 heavy (non-hydrogen) atoms. The minimum absolute atomic E-state index is 0.0374. The third-order valence-corrected chi connectivity index (χ3v) is 4.57. The van der Waals surface area contributed by atoms with Gasteiger partial charge in [-0.15, -0.1) is 0 Å². The van der Waals surface area contributed by atoms with E-state index in [9.17, 15) is 10.1 Å². The van der Waals surface area contributed by atoms with Gasteiger partial charge in [0.25, 0.3) is 5.91 Å². The highest BCUT2D eigenvalue weighted by Crippen LogP contribution is 2.25. The molecule has 0 radical (unpaired) electrons. The van der Waals surface area contributed by atoms with Crippen LogP contribution in [-0.4, -0.2) is 5.91 Å². The average molecular weight is 472 g/mol. The van der Waals surface area contributed by atoms with Crippen LogP contribution in [0.25, 0.3) is 17.4 Å². The van der Waals surface area contributed by atoms with Gasteiger partial charge in [-0.05, 0) is 48.5 Å². The zero-order chi connectivity index (χ0) is 18.5. The Morgan fingerprint density at radius 3 is 2.19 bits per heavy atom. The Morgan fingerprint density at radius 2 is 1.58 bits per heavy atom.